The fourth-order valence-corrected chi connectivity index (χ4v) is 1.72. The normalized spacial score (nSPS) is 10.3. The molecule has 96 valence electrons. The lowest BCUT2D eigenvalue weighted by molar-refractivity contribution is 0.304. The van der Waals surface area contributed by atoms with Crippen LogP contribution in [0.3, 0.4) is 0 Å². The van der Waals surface area contributed by atoms with Crippen molar-refractivity contribution < 1.29 is 4.74 Å². The van der Waals surface area contributed by atoms with Gasteiger partial charge in [-0.2, -0.15) is 0 Å². The van der Waals surface area contributed by atoms with E-state index in [0.717, 1.165) is 37.1 Å². The van der Waals surface area contributed by atoms with E-state index in [1.165, 1.54) is 0 Å². The van der Waals surface area contributed by atoms with Gasteiger partial charge in [0.05, 0.1) is 6.61 Å². The molecule has 0 spiro atoms. The quantitative estimate of drug-likeness (QED) is 0.692. The van der Waals surface area contributed by atoms with Crippen molar-refractivity contribution >= 4 is 21.7 Å². The molecule has 0 aromatic carbocycles. The van der Waals surface area contributed by atoms with Crippen LogP contribution in [0, 0.1) is 0 Å². The van der Waals surface area contributed by atoms with Gasteiger partial charge in [-0.05, 0) is 19.8 Å². The second-order valence-electron chi connectivity index (χ2n) is 3.69. The SMILES string of the molecule is CCCOc1cc(N(CC)CCCBr)ncn1. The molecule has 0 saturated carbocycles. The third-order valence-corrected chi connectivity index (χ3v) is 2.91. The summed E-state index contributed by atoms with van der Waals surface area (Å²) >= 11 is 3.44. The van der Waals surface area contributed by atoms with Crippen molar-refractivity contribution in [3.8, 4) is 5.88 Å². The van der Waals surface area contributed by atoms with Crippen LogP contribution in [0.4, 0.5) is 5.82 Å². The first kappa shape index (κ1) is 14.2. The summed E-state index contributed by atoms with van der Waals surface area (Å²) in [6, 6.07) is 1.91. The predicted molar refractivity (Wildman–Crippen MR) is 74.1 cm³/mol. The number of hydrogen-bond acceptors (Lipinski definition) is 4. The zero-order valence-corrected chi connectivity index (χ0v) is 12.1. The zero-order valence-electron chi connectivity index (χ0n) is 10.5. The number of alkyl halides is 1. The number of aromatic nitrogens is 2. The van der Waals surface area contributed by atoms with Gasteiger partial charge >= 0.3 is 0 Å². The third kappa shape index (κ3) is 4.89. The standard InChI is InChI=1S/C12H20BrN3O/c1-3-8-17-12-9-11(14-10-15-12)16(4-2)7-5-6-13/h9-10H,3-8H2,1-2H3. The molecular weight excluding hydrogens is 282 g/mol. The third-order valence-electron chi connectivity index (χ3n) is 2.35. The Morgan fingerprint density at radius 3 is 2.82 bits per heavy atom. The molecule has 0 aliphatic rings. The van der Waals surface area contributed by atoms with E-state index in [0.29, 0.717) is 12.5 Å². The van der Waals surface area contributed by atoms with Crippen LogP contribution in [0.25, 0.3) is 0 Å². The van der Waals surface area contributed by atoms with Gasteiger partial charge in [0.1, 0.15) is 12.1 Å². The van der Waals surface area contributed by atoms with Crippen molar-refractivity contribution in [1.82, 2.24) is 9.97 Å². The Morgan fingerprint density at radius 2 is 2.18 bits per heavy atom. The average molecular weight is 302 g/mol. The second kappa shape index (κ2) is 8.28. The van der Waals surface area contributed by atoms with Gasteiger partial charge in [-0.15, -0.1) is 0 Å². The highest BCUT2D eigenvalue weighted by atomic mass is 79.9. The number of halogens is 1. The lowest BCUT2D eigenvalue weighted by Crippen LogP contribution is -2.25. The Hall–Kier alpha value is -0.840. The Bertz CT molecular complexity index is 322. The minimum absolute atomic E-state index is 0.661. The summed E-state index contributed by atoms with van der Waals surface area (Å²) in [6.07, 6.45) is 3.65. The molecule has 17 heavy (non-hydrogen) atoms. The van der Waals surface area contributed by atoms with Gasteiger partial charge in [-0.1, -0.05) is 22.9 Å². The van der Waals surface area contributed by atoms with E-state index in [2.05, 4.69) is 44.6 Å². The van der Waals surface area contributed by atoms with Crippen molar-refractivity contribution in [2.24, 2.45) is 0 Å². The molecule has 0 aliphatic carbocycles. The average Bonchev–Trinajstić information content (AvgIpc) is 2.38. The summed E-state index contributed by atoms with van der Waals surface area (Å²) in [5, 5.41) is 1.01. The summed E-state index contributed by atoms with van der Waals surface area (Å²) in [6.45, 7) is 6.84. The summed E-state index contributed by atoms with van der Waals surface area (Å²) in [5.74, 6) is 1.60. The zero-order chi connectivity index (χ0) is 12.5. The summed E-state index contributed by atoms with van der Waals surface area (Å²) < 4.78 is 5.51. The van der Waals surface area contributed by atoms with Crippen LogP contribution in [0.5, 0.6) is 5.88 Å². The van der Waals surface area contributed by atoms with E-state index in [9.17, 15) is 0 Å². The van der Waals surface area contributed by atoms with Crippen molar-refractivity contribution in [3.05, 3.63) is 12.4 Å². The molecule has 5 heteroatoms. The van der Waals surface area contributed by atoms with Gasteiger partial charge < -0.3 is 9.64 Å². The first-order valence-corrected chi connectivity index (χ1v) is 7.19. The van der Waals surface area contributed by atoms with E-state index < -0.39 is 0 Å². The predicted octanol–water partition coefficient (Wildman–Crippen LogP) is 2.88. The molecule has 0 aliphatic heterocycles. The fourth-order valence-electron chi connectivity index (χ4n) is 1.47. The molecule has 1 aromatic heterocycles. The highest BCUT2D eigenvalue weighted by molar-refractivity contribution is 9.09. The van der Waals surface area contributed by atoms with Crippen LogP contribution < -0.4 is 9.64 Å². The molecule has 1 rings (SSSR count). The Balaban J connectivity index is 2.66. The lowest BCUT2D eigenvalue weighted by Gasteiger charge is -2.21. The first-order valence-electron chi connectivity index (χ1n) is 6.07. The molecular formula is C12H20BrN3O. The summed E-state index contributed by atoms with van der Waals surface area (Å²) in [4.78, 5) is 10.6. The Kier molecular flexibility index (Phi) is 6.93. The molecule has 0 unspecified atom stereocenters. The van der Waals surface area contributed by atoms with Gasteiger partial charge in [-0.3, -0.25) is 0 Å². The number of hydrogen-bond donors (Lipinski definition) is 0. The molecule has 1 aromatic rings. The van der Waals surface area contributed by atoms with Gasteiger partial charge in [0.2, 0.25) is 5.88 Å². The van der Waals surface area contributed by atoms with E-state index in [1.54, 1.807) is 6.33 Å². The number of nitrogens with zero attached hydrogens (tertiary/aromatic N) is 3. The Morgan fingerprint density at radius 1 is 1.35 bits per heavy atom. The number of anilines is 1. The molecule has 1 heterocycles. The van der Waals surface area contributed by atoms with Crippen LogP contribution in [0.15, 0.2) is 12.4 Å². The Labute approximate surface area is 112 Å². The topological polar surface area (TPSA) is 38.2 Å². The summed E-state index contributed by atoms with van der Waals surface area (Å²) in [7, 11) is 0. The van der Waals surface area contributed by atoms with E-state index >= 15 is 0 Å². The molecule has 0 atom stereocenters. The van der Waals surface area contributed by atoms with Crippen molar-refractivity contribution in [3.63, 3.8) is 0 Å². The largest absolute Gasteiger partial charge is 0.478 e. The van der Waals surface area contributed by atoms with Crippen LogP contribution in [-0.4, -0.2) is 35.0 Å². The first-order chi connectivity index (χ1) is 8.31. The monoisotopic (exact) mass is 301 g/mol. The molecule has 0 amide bonds. The smallest absolute Gasteiger partial charge is 0.218 e. The van der Waals surface area contributed by atoms with Crippen LogP contribution >= 0.6 is 15.9 Å². The molecule has 0 fully saturated rings. The van der Waals surface area contributed by atoms with Gasteiger partial charge in [0.15, 0.2) is 0 Å². The fraction of sp³-hybridized carbons (Fsp3) is 0.667. The molecule has 0 N–H and O–H groups in total. The number of ether oxygens (including phenoxy) is 1. The molecule has 4 nitrogen and oxygen atoms in total. The summed E-state index contributed by atoms with van der Waals surface area (Å²) in [5.41, 5.74) is 0. The van der Waals surface area contributed by atoms with E-state index in [4.69, 9.17) is 4.74 Å². The molecule has 0 saturated heterocycles. The van der Waals surface area contributed by atoms with Gasteiger partial charge in [-0.25, -0.2) is 9.97 Å². The van der Waals surface area contributed by atoms with Crippen molar-refractivity contribution in [2.45, 2.75) is 26.7 Å². The highest BCUT2D eigenvalue weighted by Crippen LogP contribution is 2.16. The second-order valence-corrected chi connectivity index (χ2v) is 4.48. The van der Waals surface area contributed by atoms with Crippen molar-refractivity contribution in [2.75, 3.05) is 29.9 Å². The minimum Gasteiger partial charge on any atom is -0.478 e. The lowest BCUT2D eigenvalue weighted by atomic mass is 10.4. The minimum atomic E-state index is 0.661. The highest BCUT2D eigenvalue weighted by Gasteiger charge is 2.07. The molecule has 0 radical (unpaired) electrons. The van der Waals surface area contributed by atoms with Gasteiger partial charge in [0, 0.05) is 24.5 Å². The van der Waals surface area contributed by atoms with Gasteiger partial charge in [0.25, 0.3) is 0 Å². The maximum atomic E-state index is 5.51. The van der Waals surface area contributed by atoms with E-state index in [1.807, 2.05) is 6.07 Å². The van der Waals surface area contributed by atoms with Crippen LogP contribution in [0.2, 0.25) is 0 Å². The van der Waals surface area contributed by atoms with Crippen LogP contribution in [-0.2, 0) is 0 Å². The maximum absolute atomic E-state index is 5.51. The molecule has 0 bridgehead atoms. The number of rotatable bonds is 8. The van der Waals surface area contributed by atoms with Crippen LogP contribution in [0.1, 0.15) is 26.7 Å². The van der Waals surface area contributed by atoms with Crippen molar-refractivity contribution in [1.29, 1.82) is 0 Å². The maximum Gasteiger partial charge on any atom is 0.218 e. The van der Waals surface area contributed by atoms with E-state index in [-0.39, 0.29) is 0 Å².